The highest BCUT2D eigenvalue weighted by Crippen LogP contribution is 2.50. The Morgan fingerprint density at radius 1 is 0.870 bits per heavy atom. The van der Waals surface area contributed by atoms with Gasteiger partial charge in [0.05, 0.1) is 6.61 Å². The van der Waals surface area contributed by atoms with Gasteiger partial charge in [0.15, 0.2) is 8.45 Å². The number of rotatable bonds is 11. The molecule has 0 heterocycles. The smallest absolute Gasteiger partial charge is 0.188 e. The van der Waals surface area contributed by atoms with Gasteiger partial charge in [0.25, 0.3) is 0 Å². The minimum Gasteiger partial charge on any atom is -0.331 e. The van der Waals surface area contributed by atoms with Crippen LogP contribution in [0.25, 0.3) is 0 Å². The fourth-order valence-electron chi connectivity index (χ4n) is 2.88. The van der Waals surface area contributed by atoms with E-state index in [9.17, 15) is 0 Å². The lowest BCUT2D eigenvalue weighted by atomic mass is 10.2. The van der Waals surface area contributed by atoms with Gasteiger partial charge in [0.2, 0.25) is 0 Å². The van der Waals surface area contributed by atoms with Crippen LogP contribution >= 0.6 is 8.45 Å². The normalized spacial score (nSPS) is 13.9. The summed E-state index contributed by atoms with van der Waals surface area (Å²) < 4.78 is 11.6. The van der Waals surface area contributed by atoms with Gasteiger partial charge in [-0.25, -0.2) is 9.34 Å². The molecule has 4 heteroatoms. The Morgan fingerprint density at radius 2 is 1.26 bits per heavy atom. The van der Waals surface area contributed by atoms with E-state index in [1.54, 1.807) is 0 Å². The van der Waals surface area contributed by atoms with Crippen molar-refractivity contribution in [2.45, 2.75) is 106 Å². The molecule has 0 aromatic rings. The number of nitrogens with zero attached hydrogens (tertiary/aromatic N) is 2. The van der Waals surface area contributed by atoms with Crippen LogP contribution in [0.15, 0.2) is 11.6 Å². The van der Waals surface area contributed by atoms with Gasteiger partial charge in [-0.15, -0.1) is 0 Å². The van der Waals surface area contributed by atoms with E-state index >= 15 is 0 Å². The highest BCUT2D eigenvalue weighted by molar-refractivity contribution is 7.47. The Labute approximate surface area is 147 Å². The van der Waals surface area contributed by atoms with Crippen LogP contribution in [-0.4, -0.2) is 40.1 Å². The first-order valence-corrected chi connectivity index (χ1v) is 10.4. The lowest BCUT2D eigenvalue weighted by molar-refractivity contribution is 0.185. The van der Waals surface area contributed by atoms with Crippen molar-refractivity contribution in [3.63, 3.8) is 0 Å². The third kappa shape index (κ3) is 8.12. The molecular weight excluding hydrogens is 303 g/mol. The molecule has 0 atom stereocenters. The summed E-state index contributed by atoms with van der Waals surface area (Å²) in [5.41, 5.74) is 1.45. The lowest BCUT2D eigenvalue weighted by Gasteiger charge is -2.45. The molecule has 0 radical (unpaired) electrons. The maximum atomic E-state index is 6.50. The first-order chi connectivity index (χ1) is 10.6. The van der Waals surface area contributed by atoms with E-state index in [-0.39, 0.29) is 0 Å². The van der Waals surface area contributed by atoms with E-state index in [1.807, 2.05) is 0 Å². The van der Waals surface area contributed by atoms with Crippen molar-refractivity contribution in [2.75, 3.05) is 6.61 Å². The minimum atomic E-state index is -0.733. The highest BCUT2D eigenvalue weighted by atomic mass is 31.2. The zero-order valence-electron chi connectivity index (χ0n) is 17.3. The van der Waals surface area contributed by atoms with Crippen molar-refractivity contribution in [3.8, 4) is 0 Å². The Morgan fingerprint density at radius 3 is 1.57 bits per heavy atom. The molecule has 0 aliphatic heterocycles. The molecule has 3 nitrogen and oxygen atoms in total. The fraction of sp³-hybridized carbons (Fsp3) is 0.895. The predicted molar refractivity (Wildman–Crippen MR) is 106 cm³/mol. The third-order valence-electron chi connectivity index (χ3n) is 3.93. The van der Waals surface area contributed by atoms with Gasteiger partial charge in [-0.05, 0) is 82.1 Å². The average molecular weight is 345 g/mol. The maximum absolute atomic E-state index is 6.50. The average Bonchev–Trinajstić information content (AvgIpc) is 2.41. The van der Waals surface area contributed by atoms with Crippen molar-refractivity contribution in [1.29, 1.82) is 0 Å². The molecule has 23 heavy (non-hydrogen) atoms. The monoisotopic (exact) mass is 344 g/mol. The van der Waals surface area contributed by atoms with Crippen LogP contribution in [0.5, 0.6) is 0 Å². The zero-order valence-corrected chi connectivity index (χ0v) is 18.2. The minimum absolute atomic E-state index is 0.485. The Balaban J connectivity index is 5.12. The number of hydrogen-bond acceptors (Lipinski definition) is 3. The zero-order chi connectivity index (χ0) is 18.2. The molecule has 0 saturated carbocycles. The summed E-state index contributed by atoms with van der Waals surface area (Å²) in [7, 11) is -0.733. The van der Waals surface area contributed by atoms with Crippen molar-refractivity contribution in [3.05, 3.63) is 11.6 Å². The SMILES string of the molecule is CC=C(C)CCCOP(N(C(C)C)C(C)C)N(C(C)C)C(C)C. The Hall–Kier alpha value is 0.0500. The first-order valence-electron chi connectivity index (χ1n) is 9.24. The topological polar surface area (TPSA) is 15.7 Å². The van der Waals surface area contributed by atoms with Crippen LogP contribution in [-0.2, 0) is 4.52 Å². The van der Waals surface area contributed by atoms with Crippen LogP contribution in [0.4, 0.5) is 0 Å². The second kappa shape index (κ2) is 11.6. The van der Waals surface area contributed by atoms with Crippen molar-refractivity contribution in [1.82, 2.24) is 9.34 Å². The van der Waals surface area contributed by atoms with Crippen LogP contribution in [0, 0.1) is 0 Å². The van der Waals surface area contributed by atoms with Crippen LogP contribution in [0.2, 0.25) is 0 Å². The molecule has 0 spiro atoms. The van der Waals surface area contributed by atoms with Gasteiger partial charge in [-0.2, -0.15) is 0 Å². The summed E-state index contributed by atoms with van der Waals surface area (Å²) in [6.45, 7) is 23.4. The molecule has 0 bridgehead atoms. The van der Waals surface area contributed by atoms with E-state index in [1.165, 1.54) is 5.57 Å². The van der Waals surface area contributed by atoms with Gasteiger partial charge < -0.3 is 4.52 Å². The molecule has 0 aromatic carbocycles. The lowest BCUT2D eigenvalue weighted by Crippen LogP contribution is -2.43. The molecule has 0 aliphatic carbocycles. The standard InChI is InChI=1S/C19H41N2OP/c1-11-19(10)13-12-14-22-23(20(15(2)3)16(4)5)21(17(6)7)18(8)9/h11,15-18H,12-14H2,1-10H3. The number of allylic oxidation sites excluding steroid dienone is 2. The molecule has 0 fully saturated rings. The second-order valence-electron chi connectivity index (χ2n) is 7.46. The molecule has 138 valence electrons. The van der Waals surface area contributed by atoms with E-state index in [4.69, 9.17) is 4.52 Å². The molecular formula is C19H41N2OP. The van der Waals surface area contributed by atoms with Crippen LogP contribution in [0.3, 0.4) is 0 Å². The van der Waals surface area contributed by atoms with Crippen molar-refractivity contribution < 1.29 is 4.52 Å². The van der Waals surface area contributed by atoms with Crippen molar-refractivity contribution >= 4 is 8.45 Å². The fourth-order valence-corrected chi connectivity index (χ4v) is 5.26. The van der Waals surface area contributed by atoms with Gasteiger partial charge >= 0.3 is 0 Å². The second-order valence-corrected chi connectivity index (χ2v) is 9.15. The molecule has 0 aliphatic rings. The largest absolute Gasteiger partial charge is 0.331 e. The summed E-state index contributed by atoms with van der Waals surface area (Å²) in [5, 5.41) is 0. The first kappa shape index (κ1) is 23.1. The van der Waals surface area contributed by atoms with E-state index < -0.39 is 8.45 Å². The van der Waals surface area contributed by atoms with E-state index in [0.717, 1.165) is 19.4 Å². The molecule has 0 N–H and O–H groups in total. The van der Waals surface area contributed by atoms with Gasteiger partial charge in [-0.1, -0.05) is 11.6 Å². The molecule has 0 saturated heterocycles. The summed E-state index contributed by atoms with van der Waals surface area (Å²) >= 11 is 0. The van der Waals surface area contributed by atoms with Gasteiger partial charge in [0, 0.05) is 24.2 Å². The molecule has 0 aromatic heterocycles. The quantitative estimate of drug-likeness (QED) is 0.251. The molecule has 0 amide bonds. The number of hydrogen-bond donors (Lipinski definition) is 0. The van der Waals surface area contributed by atoms with Crippen molar-refractivity contribution in [2.24, 2.45) is 0 Å². The highest BCUT2D eigenvalue weighted by Gasteiger charge is 2.34. The van der Waals surface area contributed by atoms with Crippen LogP contribution in [0.1, 0.15) is 82.1 Å². The summed E-state index contributed by atoms with van der Waals surface area (Å²) in [4.78, 5) is 0. The Kier molecular flexibility index (Phi) is 11.6. The van der Waals surface area contributed by atoms with E-state index in [2.05, 4.69) is 84.7 Å². The summed E-state index contributed by atoms with van der Waals surface area (Å²) in [5.74, 6) is 0. The summed E-state index contributed by atoms with van der Waals surface area (Å²) in [6.07, 6.45) is 4.43. The third-order valence-corrected chi connectivity index (χ3v) is 6.98. The maximum Gasteiger partial charge on any atom is 0.188 e. The predicted octanol–water partition coefficient (Wildman–Crippen LogP) is 6.21. The summed E-state index contributed by atoms with van der Waals surface area (Å²) in [6, 6.07) is 1.94. The Bertz CT molecular complexity index is 304. The molecule has 0 rings (SSSR count). The van der Waals surface area contributed by atoms with Gasteiger partial charge in [0.1, 0.15) is 0 Å². The van der Waals surface area contributed by atoms with E-state index in [0.29, 0.717) is 24.2 Å². The molecule has 0 unspecified atom stereocenters. The van der Waals surface area contributed by atoms with Gasteiger partial charge in [-0.3, -0.25) is 0 Å². The van der Waals surface area contributed by atoms with Crippen LogP contribution < -0.4 is 0 Å².